The summed E-state index contributed by atoms with van der Waals surface area (Å²) in [7, 11) is 0. The topological polar surface area (TPSA) is 96.3 Å². The second-order valence-electron chi connectivity index (χ2n) is 5.12. The van der Waals surface area contributed by atoms with Gasteiger partial charge in [-0.05, 0) is 20.8 Å². The SMILES string of the molecule is CC(C)(C)OC(=O)N1CCOC(C(=O)O)C(O)C1. The standard InChI is InChI=1S/C11H19NO6/c1-11(2,3)18-10(16)12-4-5-17-8(9(14)15)7(13)6-12/h7-8,13H,4-6H2,1-3H3,(H,14,15). The number of aliphatic hydroxyl groups is 1. The fraction of sp³-hybridized carbons (Fsp3) is 0.818. The van der Waals surface area contributed by atoms with Crippen LogP contribution in [0.25, 0.3) is 0 Å². The molecule has 104 valence electrons. The molecule has 2 N–H and O–H groups in total. The van der Waals surface area contributed by atoms with E-state index in [-0.39, 0.29) is 19.7 Å². The number of hydrogen-bond donors (Lipinski definition) is 2. The monoisotopic (exact) mass is 261 g/mol. The number of aliphatic hydroxyl groups excluding tert-OH is 1. The second kappa shape index (κ2) is 5.53. The number of carboxylic acid groups (broad SMARTS) is 1. The quantitative estimate of drug-likeness (QED) is 0.693. The average Bonchev–Trinajstić information content (AvgIpc) is 2.37. The van der Waals surface area contributed by atoms with E-state index >= 15 is 0 Å². The van der Waals surface area contributed by atoms with Crippen LogP contribution in [0.1, 0.15) is 20.8 Å². The lowest BCUT2D eigenvalue weighted by molar-refractivity contribution is -0.156. The molecule has 1 heterocycles. The smallest absolute Gasteiger partial charge is 0.410 e. The van der Waals surface area contributed by atoms with E-state index in [0.717, 1.165) is 0 Å². The Morgan fingerprint density at radius 2 is 2.00 bits per heavy atom. The van der Waals surface area contributed by atoms with Gasteiger partial charge in [-0.2, -0.15) is 0 Å². The molecule has 1 fully saturated rings. The van der Waals surface area contributed by atoms with Crippen molar-refractivity contribution in [3.8, 4) is 0 Å². The molecule has 0 bridgehead atoms. The highest BCUT2D eigenvalue weighted by atomic mass is 16.6. The van der Waals surface area contributed by atoms with Gasteiger partial charge in [-0.25, -0.2) is 9.59 Å². The van der Waals surface area contributed by atoms with Crippen LogP contribution in [-0.4, -0.2) is 64.7 Å². The van der Waals surface area contributed by atoms with Crippen LogP contribution in [-0.2, 0) is 14.3 Å². The van der Waals surface area contributed by atoms with E-state index in [1.165, 1.54) is 4.90 Å². The Balaban J connectivity index is 2.65. The van der Waals surface area contributed by atoms with E-state index in [9.17, 15) is 14.7 Å². The predicted octanol–water partition coefficient (Wildman–Crippen LogP) is 0.0678. The van der Waals surface area contributed by atoms with Crippen molar-refractivity contribution in [2.75, 3.05) is 19.7 Å². The largest absolute Gasteiger partial charge is 0.479 e. The third-order valence-corrected chi connectivity index (χ3v) is 2.31. The number of carbonyl (C=O) groups excluding carboxylic acids is 1. The number of amides is 1. The molecular formula is C11H19NO6. The molecule has 18 heavy (non-hydrogen) atoms. The Morgan fingerprint density at radius 3 is 2.50 bits per heavy atom. The van der Waals surface area contributed by atoms with Gasteiger partial charge in [0, 0.05) is 6.54 Å². The van der Waals surface area contributed by atoms with Gasteiger partial charge in [0.05, 0.1) is 13.2 Å². The van der Waals surface area contributed by atoms with Crippen molar-refractivity contribution in [3.05, 3.63) is 0 Å². The summed E-state index contributed by atoms with van der Waals surface area (Å²) in [5, 5.41) is 18.5. The summed E-state index contributed by atoms with van der Waals surface area (Å²) in [6.45, 7) is 5.32. The molecule has 1 saturated heterocycles. The zero-order chi connectivity index (χ0) is 13.9. The zero-order valence-corrected chi connectivity index (χ0v) is 10.8. The molecule has 0 saturated carbocycles. The fourth-order valence-electron chi connectivity index (χ4n) is 1.54. The average molecular weight is 261 g/mol. The zero-order valence-electron chi connectivity index (χ0n) is 10.8. The Morgan fingerprint density at radius 1 is 1.39 bits per heavy atom. The minimum atomic E-state index is -1.31. The Bertz CT molecular complexity index is 324. The molecule has 0 aliphatic carbocycles. The number of ether oxygens (including phenoxy) is 2. The van der Waals surface area contributed by atoms with Crippen molar-refractivity contribution in [2.45, 2.75) is 38.6 Å². The van der Waals surface area contributed by atoms with Gasteiger partial charge in [0.1, 0.15) is 11.7 Å². The summed E-state index contributed by atoms with van der Waals surface area (Å²) in [5.41, 5.74) is -0.638. The number of aliphatic carboxylic acids is 1. The van der Waals surface area contributed by atoms with Crippen molar-refractivity contribution in [1.82, 2.24) is 4.90 Å². The van der Waals surface area contributed by atoms with Gasteiger partial charge < -0.3 is 24.6 Å². The van der Waals surface area contributed by atoms with Crippen LogP contribution in [0.3, 0.4) is 0 Å². The Hall–Kier alpha value is -1.34. The second-order valence-corrected chi connectivity index (χ2v) is 5.12. The van der Waals surface area contributed by atoms with Crippen LogP contribution in [0, 0.1) is 0 Å². The van der Waals surface area contributed by atoms with Crippen molar-refractivity contribution in [1.29, 1.82) is 0 Å². The van der Waals surface area contributed by atoms with Gasteiger partial charge in [0.15, 0.2) is 6.10 Å². The molecule has 2 atom stereocenters. The highest BCUT2D eigenvalue weighted by Crippen LogP contribution is 2.13. The van der Waals surface area contributed by atoms with E-state index < -0.39 is 29.9 Å². The number of hydrogen-bond acceptors (Lipinski definition) is 5. The first-order valence-electron chi connectivity index (χ1n) is 5.71. The predicted molar refractivity (Wildman–Crippen MR) is 61.2 cm³/mol. The van der Waals surface area contributed by atoms with Crippen LogP contribution >= 0.6 is 0 Å². The Kier molecular flexibility index (Phi) is 4.53. The summed E-state index contributed by atoms with van der Waals surface area (Å²) in [6.07, 6.45) is -3.16. The van der Waals surface area contributed by atoms with Crippen molar-refractivity contribution >= 4 is 12.1 Å². The molecule has 0 aromatic carbocycles. The minimum absolute atomic E-state index is 0.0489. The van der Waals surface area contributed by atoms with Gasteiger partial charge in [-0.1, -0.05) is 0 Å². The molecule has 1 amide bonds. The van der Waals surface area contributed by atoms with Crippen molar-refractivity contribution in [2.24, 2.45) is 0 Å². The van der Waals surface area contributed by atoms with E-state index in [1.54, 1.807) is 20.8 Å². The molecule has 0 aromatic heterocycles. The van der Waals surface area contributed by atoms with Gasteiger partial charge in [-0.3, -0.25) is 0 Å². The number of rotatable bonds is 1. The lowest BCUT2D eigenvalue weighted by Gasteiger charge is -2.27. The molecule has 1 rings (SSSR count). The molecule has 0 radical (unpaired) electrons. The maximum Gasteiger partial charge on any atom is 0.410 e. The Labute approximate surface area is 105 Å². The van der Waals surface area contributed by atoms with Gasteiger partial charge >= 0.3 is 12.1 Å². The first-order chi connectivity index (χ1) is 8.20. The number of nitrogens with zero attached hydrogens (tertiary/aromatic N) is 1. The van der Waals surface area contributed by atoms with Gasteiger partial charge in [-0.15, -0.1) is 0 Å². The van der Waals surface area contributed by atoms with Crippen LogP contribution in [0.4, 0.5) is 4.79 Å². The van der Waals surface area contributed by atoms with E-state index in [2.05, 4.69) is 0 Å². The summed E-state index contributed by atoms with van der Waals surface area (Å²) in [4.78, 5) is 23.8. The number of carbonyl (C=O) groups is 2. The lowest BCUT2D eigenvalue weighted by Crippen LogP contribution is -2.44. The molecule has 1 aliphatic rings. The maximum absolute atomic E-state index is 11.8. The normalized spacial score (nSPS) is 25.4. The molecule has 7 nitrogen and oxygen atoms in total. The highest BCUT2D eigenvalue weighted by molar-refractivity contribution is 5.73. The van der Waals surface area contributed by atoms with Crippen LogP contribution < -0.4 is 0 Å². The van der Waals surface area contributed by atoms with Crippen LogP contribution in [0.5, 0.6) is 0 Å². The van der Waals surface area contributed by atoms with Gasteiger partial charge in [0.2, 0.25) is 0 Å². The number of carboxylic acids is 1. The molecule has 2 unspecified atom stereocenters. The third kappa shape index (κ3) is 4.15. The number of β-amino-alcohol motifs (C(OH)–C–C–N with tert-alkyl or cyclic N) is 1. The first kappa shape index (κ1) is 14.7. The lowest BCUT2D eigenvalue weighted by atomic mass is 10.2. The molecule has 0 spiro atoms. The van der Waals surface area contributed by atoms with Crippen LogP contribution in [0.2, 0.25) is 0 Å². The van der Waals surface area contributed by atoms with Crippen LogP contribution in [0.15, 0.2) is 0 Å². The maximum atomic E-state index is 11.8. The molecule has 7 heteroatoms. The van der Waals surface area contributed by atoms with Crippen molar-refractivity contribution < 1.29 is 29.3 Å². The van der Waals surface area contributed by atoms with E-state index in [4.69, 9.17) is 14.6 Å². The third-order valence-electron chi connectivity index (χ3n) is 2.31. The van der Waals surface area contributed by atoms with Crippen molar-refractivity contribution in [3.63, 3.8) is 0 Å². The van der Waals surface area contributed by atoms with E-state index in [1.807, 2.05) is 0 Å². The van der Waals surface area contributed by atoms with E-state index in [0.29, 0.717) is 0 Å². The summed E-state index contributed by atoms with van der Waals surface area (Å²) < 4.78 is 10.1. The van der Waals surface area contributed by atoms with Gasteiger partial charge in [0.25, 0.3) is 0 Å². The highest BCUT2D eigenvalue weighted by Gasteiger charge is 2.34. The minimum Gasteiger partial charge on any atom is -0.479 e. The molecule has 1 aliphatic heterocycles. The summed E-state index contributed by atoms with van der Waals surface area (Å²) >= 11 is 0. The summed E-state index contributed by atoms with van der Waals surface area (Å²) in [5.74, 6) is -1.24. The molecule has 0 aromatic rings. The summed E-state index contributed by atoms with van der Waals surface area (Å²) in [6, 6.07) is 0. The fourth-order valence-corrected chi connectivity index (χ4v) is 1.54. The molecular weight excluding hydrogens is 242 g/mol. The first-order valence-corrected chi connectivity index (χ1v) is 5.71.